The average Bonchev–Trinajstić information content (AvgIpc) is 2.65. The van der Waals surface area contributed by atoms with Crippen LogP contribution < -0.4 is 0 Å². The zero-order valence-corrected chi connectivity index (χ0v) is 11.1. The molecule has 1 aliphatic heterocycles. The van der Waals surface area contributed by atoms with E-state index < -0.39 is 0 Å². The van der Waals surface area contributed by atoms with Gasteiger partial charge in [0.05, 0.1) is 13.2 Å². The predicted molar refractivity (Wildman–Crippen MR) is 65.3 cm³/mol. The van der Waals surface area contributed by atoms with E-state index in [1.165, 1.54) is 32.1 Å². The van der Waals surface area contributed by atoms with E-state index in [1.807, 2.05) is 0 Å². The number of rotatable bonds is 3. The lowest BCUT2D eigenvalue weighted by Crippen LogP contribution is -2.37. The molecule has 2 heteroatoms. The molecule has 1 heterocycles. The summed E-state index contributed by atoms with van der Waals surface area (Å²) in [4.78, 5) is 0. The van der Waals surface area contributed by atoms with E-state index in [-0.39, 0.29) is 5.79 Å². The normalized spacial score (nSPS) is 27.2. The van der Waals surface area contributed by atoms with E-state index in [4.69, 9.17) is 9.47 Å². The van der Waals surface area contributed by atoms with Gasteiger partial charge in [-0.05, 0) is 31.1 Å². The molecule has 0 aromatic rings. The van der Waals surface area contributed by atoms with E-state index in [1.54, 1.807) is 0 Å². The van der Waals surface area contributed by atoms with Crippen molar-refractivity contribution in [3.8, 4) is 0 Å². The maximum Gasteiger partial charge on any atom is 0.166 e. The minimum absolute atomic E-state index is 0.319. The monoisotopic (exact) mass is 226 g/mol. The fourth-order valence-corrected chi connectivity index (χ4v) is 3.51. The van der Waals surface area contributed by atoms with Gasteiger partial charge in [0, 0.05) is 6.42 Å². The summed E-state index contributed by atoms with van der Waals surface area (Å²) in [7, 11) is 0. The first kappa shape index (κ1) is 12.4. The minimum Gasteiger partial charge on any atom is -0.348 e. The van der Waals surface area contributed by atoms with Gasteiger partial charge in [-0.1, -0.05) is 33.1 Å². The summed E-state index contributed by atoms with van der Waals surface area (Å²) in [6, 6.07) is 0. The van der Waals surface area contributed by atoms with Crippen LogP contribution in [0.2, 0.25) is 0 Å². The summed E-state index contributed by atoms with van der Waals surface area (Å²) in [6.07, 6.45) is 8.06. The van der Waals surface area contributed by atoms with Gasteiger partial charge in [-0.2, -0.15) is 0 Å². The second-order valence-corrected chi connectivity index (χ2v) is 6.33. The Morgan fingerprint density at radius 2 is 1.62 bits per heavy atom. The molecule has 16 heavy (non-hydrogen) atoms. The van der Waals surface area contributed by atoms with Crippen LogP contribution in [0.1, 0.15) is 59.3 Å². The molecule has 0 radical (unpaired) electrons. The fourth-order valence-electron chi connectivity index (χ4n) is 3.51. The molecule has 0 unspecified atom stereocenters. The second kappa shape index (κ2) is 4.66. The smallest absolute Gasteiger partial charge is 0.166 e. The van der Waals surface area contributed by atoms with Crippen molar-refractivity contribution >= 4 is 0 Å². The molecule has 0 N–H and O–H groups in total. The van der Waals surface area contributed by atoms with E-state index in [2.05, 4.69) is 20.8 Å². The summed E-state index contributed by atoms with van der Waals surface area (Å²) in [5.74, 6) is 0.534. The standard InChI is InChI=1S/C14H26O2/c1-13(2,12-7-5-4-6-8-12)11-14(3)15-9-10-16-14/h12H,4-11H2,1-3H3. The molecule has 2 fully saturated rings. The van der Waals surface area contributed by atoms with Gasteiger partial charge in [-0.25, -0.2) is 0 Å². The zero-order valence-electron chi connectivity index (χ0n) is 11.1. The van der Waals surface area contributed by atoms with E-state index >= 15 is 0 Å². The third-order valence-electron chi connectivity index (χ3n) is 4.39. The number of hydrogen-bond acceptors (Lipinski definition) is 2. The van der Waals surface area contributed by atoms with Crippen molar-refractivity contribution in [2.75, 3.05) is 13.2 Å². The van der Waals surface area contributed by atoms with Gasteiger partial charge in [0.2, 0.25) is 0 Å². The molecule has 0 aromatic carbocycles. The predicted octanol–water partition coefficient (Wildman–Crippen LogP) is 3.75. The molecular formula is C14H26O2. The highest BCUT2D eigenvalue weighted by Gasteiger charge is 2.41. The van der Waals surface area contributed by atoms with Gasteiger partial charge in [0.1, 0.15) is 0 Å². The highest BCUT2D eigenvalue weighted by molar-refractivity contribution is 4.86. The van der Waals surface area contributed by atoms with Gasteiger partial charge < -0.3 is 9.47 Å². The summed E-state index contributed by atoms with van der Waals surface area (Å²) in [5, 5.41) is 0. The average molecular weight is 226 g/mol. The van der Waals surface area contributed by atoms with Gasteiger partial charge in [0.25, 0.3) is 0 Å². The lowest BCUT2D eigenvalue weighted by Gasteiger charge is -2.41. The molecule has 0 aromatic heterocycles. The first-order valence-electron chi connectivity index (χ1n) is 6.80. The van der Waals surface area contributed by atoms with Gasteiger partial charge in [-0.15, -0.1) is 0 Å². The van der Waals surface area contributed by atoms with Crippen molar-refractivity contribution in [1.29, 1.82) is 0 Å². The maximum atomic E-state index is 5.74. The van der Waals surface area contributed by atoms with Crippen molar-refractivity contribution in [2.24, 2.45) is 11.3 Å². The molecule has 1 saturated heterocycles. The van der Waals surface area contributed by atoms with Crippen molar-refractivity contribution in [3.63, 3.8) is 0 Å². The molecule has 1 aliphatic carbocycles. The quantitative estimate of drug-likeness (QED) is 0.729. The molecule has 0 amide bonds. The molecule has 2 rings (SSSR count). The first-order valence-corrected chi connectivity index (χ1v) is 6.80. The van der Waals surface area contributed by atoms with Crippen molar-refractivity contribution in [2.45, 2.75) is 65.1 Å². The molecular weight excluding hydrogens is 200 g/mol. The lowest BCUT2D eigenvalue weighted by molar-refractivity contribution is -0.170. The summed E-state index contributed by atoms with van der Waals surface area (Å²) in [5.41, 5.74) is 0.347. The van der Waals surface area contributed by atoms with Gasteiger partial charge >= 0.3 is 0 Å². The third-order valence-corrected chi connectivity index (χ3v) is 4.39. The molecule has 0 bridgehead atoms. The zero-order chi connectivity index (χ0) is 11.6. The topological polar surface area (TPSA) is 18.5 Å². The van der Waals surface area contributed by atoms with Crippen LogP contribution in [0.15, 0.2) is 0 Å². The van der Waals surface area contributed by atoms with Crippen LogP contribution in [0.3, 0.4) is 0 Å². The SMILES string of the molecule is CC1(CC(C)(C)C2CCCCC2)OCCO1. The largest absolute Gasteiger partial charge is 0.348 e. The van der Waals surface area contributed by atoms with Crippen LogP contribution in [0.25, 0.3) is 0 Å². The molecule has 2 aliphatic rings. The number of hydrogen-bond donors (Lipinski definition) is 0. The Kier molecular flexibility index (Phi) is 3.60. The molecule has 0 spiro atoms. The Balaban J connectivity index is 1.95. The van der Waals surface area contributed by atoms with Gasteiger partial charge in [-0.3, -0.25) is 0 Å². The highest BCUT2D eigenvalue weighted by atomic mass is 16.7. The van der Waals surface area contributed by atoms with Crippen LogP contribution in [0.4, 0.5) is 0 Å². The van der Waals surface area contributed by atoms with Crippen LogP contribution in [-0.2, 0) is 9.47 Å². The Labute approximate surface area is 99.7 Å². The Bertz CT molecular complexity index is 223. The molecule has 0 atom stereocenters. The Morgan fingerprint density at radius 3 is 2.19 bits per heavy atom. The highest BCUT2D eigenvalue weighted by Crippen LogP contribution is 2.44. The van der Waals surface area contributed by atoms with Crippen molar-refractivity contribution in [1.82, 2.24) is 0 Å². The van der Waals surface area contributed by atoms with E-state index in [0.717, 1.165) is 25.6 Å². The second-order valence-electron chi connectivity index (χ2n) is 6.33. The molecule has 2 nitrogen and oxygen atoms in total. The Morgan fingerprint density at radius 1 is 1.06 bits per heavy atom. The Hall–Kier alpha value is -0.0800. The van der Waals surface area contributed by atoms with Crippen LogP contribution in [0, 0.1) is 11.3 Å². The third kappa shape index (κ3) is 2.78. The number of ether oxygens (including phenoxy) is 2. The van der Waals surface area contributed by atoms with Crippen molar-refractivity contribution in [3.05, 3.63) is 0 Å². The molecule has 94 valence electrons. The van der Waals surface area contributed by atoms with E-state index in [0.29, 0.717) is 5.41 Å². The van der Waals surface area contributed by atoms with Crippen LogP contribution in [-0.4, -0.2) is 19.0 Å². The van der Waals surface area contributed by atoms with Crippen LogP contribution in [0.5, 0.6) is 0 Å². The van der Waals surface area contributed by atoms with E-state index in [9.17, 15) is 0 Å². The van der Waals surface area contributed by atoms with Crippen LogP contribution >= 0.6 is 0 Å². The lowest BCUT2D eigenvalue weighted by atomic mass is 9.68. The maximum absolute atomic E-state index is 5.74. The molecule has 1 saturated carbocycles. The summed E-state index contributed by atoms with van der Waals surface area (Å²) < 4.78 is 11.5. The summed E-state index contributed by atoms with van der Waals surface area (Å²) >= 11 is 0. The first-order chi connectivity index (χ1) is 7.52. The van der Waals surface area contributed by atoms with Crippen molar-refractivity contribution < 1.29 is 9.47 Å². The minimum atomic E-state index is -0.319. The fraction of sp³-hybridized carbons (Fsp3) is 1.00. The summed E-state index contributed by atoms with van der Waals surface area (Å²) in [6.45, 7) is 8.40. The van der Waals surface area contributed by atoms with Gasteiger partial charge in [0.15, 0.2) is 5.79 Å².